The summed E-state index contributed by atoms with van der Waals surface area (Å²) in [6, 6.07) is 7.23. The molecule has 0 radical (unpaired) electrons. The average molecular weight is 601 g/mol. The van der Waals surface area contributed by atoms with Gasteiger partial charge in [0.1, 0.15) is 17.0 Å². The van der Waals surface area contributed by atoms with Crippen molar-refractivity contribution in [1.29, 1.82) is 0 Å². The summed E-state index contributed by atoms with van der Waals surface area (Å²) in [4.78, 5) is 17.7. The van der Waals surface area contributed by atoms with E-state index in [-0.39, 0.29) is 17.7 Å². The summed E-state index contributed by atoms with van der Waals surface area (Å²) in [5.41, 5.74) is 3.56. The Hall–Kier alpha value is -2.73. The van der Waals surface area contributed by atoms with Gasteiger partial charge in [0, 0.05) is 36.8 Å². The topological polar surface area (TPSA) is 80.5 Å². The van der Waals surface area contributed by atoms with Crippen molar-refractivity contribution in [2.24, 2.45) is 5.92 Å². The normalized spacial score (nSPS) is 19.9. The summed E-state index contributed by atoms with van der Waals surface area (Å²) < 4.78 is 33.0. The molecule has 0 atom stereocenters. The zero-order chi connectivity index (χ0) is 24.8. The molecule has 6 rings (SSSR count). The van der Waals surface area contributed by atoms with Gasteiger partial charge in [-0.2, -0.15) is 0 Å². The van der Waals surface area contributed by atoms with Gasteiger partial charge in [-0.05, 0) is 78.0 Å². The minimum atomic E-state index is -0.615. The van der Waals surface area contributed by atoms with Crippen LogP contribution >= 0.6 is 22.6 Å². The molecule has 1 aliphatic carbocycles. The van der Waals surface area contributed by atoms with E-state index in [1.165, 1.54) is 6.07 Å². The molecule has 0 unspecified atom stereocenters. The van der Waals surface area contributed by atoms with E-state index in [4.69, 9.17) is 0 Å². The molecule has 1 fully saturated rings. The van der Waals surface area contributed by atoms with Gasteiger partial charge in [0.25, 0.3) is 0 Å². The van der Waals surface area contributed by atoms with Crippen LogP contribution in [0, 0.1) is 21.4 Å². The average Bonchev–Trinajstić information content (AvgIpc) is 3.22. The SMILES string of the molecule is CC1CCC(n2c(I)nc3c(F)cc(-c4nc(Nc5ccc6c(n5)CCNC6)ncc4F)cc32)CC1. The minimum Gasteiger partial charge on any atom is -0.316 e. The van der Waals surface area contributed by atoms with Crippen LogP contribution in [-0.2, 0) is 13.0 Å². The molecular weight excluding hydrogens is 575 g/mol. The van der Waals surface area contributed by atoms with Crippen molar-refractivity contribution >= 4 is 45.4 Å². The van der Waals surface area contributed by atoms with Crippen molar-refractivity contribution in [3.63, 3.8) is 0 Å². The summed E-state index contributed by atoms with van der Waals surface area (Å²) in [6.45, 7) is 3.94. The Morgan fingerprint density at radius 2 is 1.89 bits per heavy atom. The molecule has 36 heavy (non-hydrogen) atoms. The first kappa shape index (κ1) is 23.7. The van der Waals surface area contributed by atoms with Crippen molar-refractivity contribution in [1.82, 2.24) is 29.8 Å². The van der Waals surface area contributed by atoms with Crippen LogP contribution in [0.15, 0.2) is 30.5 Å². The molecule has 1 aliphatic heterocycles. The lowest BCUT2D eigenvalue weighted by Gasteiger charge is -2.28. The molecular formula is C26H26F2IN7. The highest BCUT2D eigenvalue weighted by atomic mass is 127. The number of nitrogens with one attached hydrogen (secondary N) is 2. The summed E-state index contributed by atoms with van der Waals surface area (Å²) >= 11 is 2.17. The summed E-state index contributed by atoms with van der Waals surface area (Å²) in [5, 5.41) is 6.40. The quantitative estimate of drug-likeness (QED) is 0.283. The maximum Gasteiger partial charge on any atom is 0.229 e. The Morgan fingerprint density at radius 1 is 1.06 bits per heavy atom. The molecule has 4 heterocycles. The maximum absolute atomic E-state index is 15.2. The number of rotatable bonds is 4. The van der Waals surface area contributed by atoms with Crippen LogP contribution in [0.2, 0.25) is 0 Å². The van der Waals surface area contributed by atoms with E-state index in [0.29, 0.717) is 28.3 Å². The standard InChI is InChI=1S/C26H26F2IN7/c1-14-2-5-17(6-3-14)36-21-11-16(10-18(27)24(21)34-25(36)29)23-19(28)13-31-26(35-23)33-22-7-4-15-12-30-9-8-20(15)32-22/h4,7,10-11,13-14,17,30H,2-3,5-6,8-9,12H2,1H3,(H,31,32,33,35). The highest BCUT2D eigenvalue weighted by Crippen LogP contribution is 2.37. The van der Waals surface area contributed by atoms with Gasteiger partial charge in [0.2, 0.25) is 5.95 Å². The second-order valence-corrected chi connectivity index (χ2v) is 10.7. The Balaban J connectivity index is 1.36. The van der Waals surface area contributed by atoms with Crippen LogP contribution in [-0.4, -0.2) is 31.0 Å². The van der Waals surface area contributed by atoms with Gasteiger partial charge in [-0.25, -0.2) is 28.7 Å². The van der Waals surface area contributed by atoms with Crippen molar-refractivity contribution in [2.45, 2.75) is 51.6 Å². The van der Waals surface area contributed by atoms with Gasteiger partial charge in [-0.3, -0.25) is 0 Å². The lowest BCUT2D eigenvalue weighted by molar-refractivity contribution is 0.291. The summed E-state index contributed by atoms with van der Waals surface area (Å²) in [7, 11) is 0. The molecule has 1 aromatic carbocycles. The fourth-order valence-corrected chi connectivity index (χ4v) is 6.16. The fourth-order valence-electron chi connectivity index (χ4n) is 5.26. The molecule has 0 spiro atoms. The van der Waals surface area contributed by atoms with E-state index < -0.39 is 11.6 Å². The molecule has 0 bridgehead atoms. The Kier molecular flexibility index (Phi) is 6.32. The third-order valence-electron chi connectivity index (χ3n) is 7.24. The Labute approximate surface area is 221 Å². The lowest BCUT2D eigenvalue weighted by Crippen LogP contribution is -2.24. The van der Waals surface area contributed by atoms with Crippen molar-refractivity contribution < 1.29 is 8.78 Å². The van der Waals surface area contributed by atoms with E-state index in [2.05, 4.69) is 64.7 Å². The minimum absolute atomic E-state index is 0.0375. The second kappa shape index (κ2) is 9.62. The summed E-state index contributed by atoms with van der Waals surface area (Å²) in [6.07, 6.45) is 6.25. The third-order valence-corrected chi connectivity index (χ3v) is 8.00. The molecule has 0 amide bonds. The van der Waals surface area contributed by atoms with Gasteiger partial charge >= 0.3 is 0 Å². The van der Waals surface area contributed by atoms with E-state index in [1.807, 2.05) is 12.1 Å². The Bertz CT molecular complexity index is 1450. The van der Waals surface area contributed by atoms with E-state index in [0.717, 1.165) is 66.5 Å². The van der Waals surface area contributed by atoms with Gasteiger partial charge in [-0.1, -0.05) is 13.0 Å². The number of hydrogen-bond donors (Lipinski definition) is 2. The first-order valence-corrected chi connectivity index (χ1v) is 13.4. The van der Waals surface area contributed by atoms with Crippen LogP contribution in [0.3, 0.4) is 0 Å². The molecule has 186 valence electrons. The van der Waals surface area contributed by atoms with E-state index in [1.54, 1.807) is 6.07 Å². The number of benzene rings is 1. The van der Waals surface area contributed by atoms with E-state index >= 15 is 4.39 Å². The first-order valence-electron chi connectivity index (χ1n) is 12.3. The predicted octanol–water partition coefficient (Wildman–Crippen LogP) is 5.91. The lowest BCUT2D eigenvalue weighted by atomic mass is 9.87. The highest BCUT2D eigenvalue weighted by Gasteiger charge is 2.25. The number of imidazole rings is 1. The predicted molar refractivity (Wildman–Crippen MR) is 143 cm³/mol. The van der Waals surface area contributed by atoms with Crippen molar-refractivity contribution in [3.05, 3.63) is 57.2 Å². The maximum atomic E-state index is 15.2. The molecule has 2 aliphatic rings. The summed E-state index contributed by atoms with van der Waals surface area (Å²) in [5.74, 6) is 0.395. The van der Waals surface area contributed by atoms with Crippen LogP contribution in [0.25, 0.3) is 22.3 Å². The molecule has 10 heteroatoms. The Morgan fingerprint density at radius 3 is 2.72 bits per heavy atom. The number of aromatic nitrogens is 5. The van der Waals surface area contributed by atoms with Gasteiger partial charge in [0.15, 0.2) is 15.5 Å². The molecule has 7 nitrogen and oxygen atoms in total. The third kappa shape index (κ3) is 4.45. The zero-order valence-corrected chi connectivity index (χ0v) is 22.0. The highest BCUT2D eigenvalue weighted by molar-refractivity contribution is 14.1. The number of hydrogen-bond acceptors (Lipinski definition) is 6. The largest absolute Gasteiger partial charge is 0.316 e. The van der Waals surface area contributed by atoms with Crippen LogP contribution in [0.5, 0.6) is 0 Å². The number of fused-ring (bicyclic) bond motifs is 2. The monoisotopic (exact) mass is 601 g/mol. The number of anilines is 2. The second-order valence-electron chi connectivity index (χ2n) is 9.73. The van der Waals surface area contributed by atoms with Crippen molar-refractivity contribution in [2.75, 3.05) is 11.9 Å². The molecule has 3 aromatic heterocycles. The number of nitrogens with zero attached hydrogens (tertiary/aromatic N) is 5. The fraction of sp³-hybridized carbons (Fsp3) is 0.385. The van der Waals surface area contributed by atoms with Gasteiger partial charge in [0.05, 0.1) is 11.7 Å². The van der Waals surface area contributed by atoms with Crippen LogP contribution in [0.4, 0.5) is 20.5 Å². The number of halogens is 3. The van der Waals surface area contributed by atoms with Crippen molar-refractivity contribution in [3.8, 4) is 11.3 Å². The molecule has 1 saturated carbocycles. The molecule has 0 saturated heterocycles. The van der Waals surface area contributed by atoms with Gasteiger partial charge in [-0.15, -0.1) is 0 Å². The van der Waals surface area contributed by atoms with E-state index in [9.17, 15) is 4.39 Å². The van der Waals surface area contributed by atoms with Crippen LogP contribution in [0.1, 0.15) is 49.9 Å². The van der Waals surface area contributed by atoms with Gasteiger partial charge < -0.3 is 15.2 Å². The molecule has 2 N–H and O–H groups in total. The molecule has 4 aromatic rings. The zero-order valence-electron chi connectivity index (χ0n) is 19.9. The smallest absolute Gasteiger partial charge is 0.229 e. The number of pyridine rings is 1. The van der Waals surface area contributed by atoms with Crippen LogP contribution < -0.4 is 10.6 Å². The first-order chi connectivity index (χ1) is 17.5.